The van der Waals surface area contributed by atoms with Crippen molar-refractivity contribution in [3.63, 3.8) is 0 Å². The maximum atomic E-state index is 13.0. The van der Waals surface area contributed by atoms with Crippen LogP contribution in [0.15, 0.2) is 18.2 Å². The standard InChI is InChI=1S/C15H24F2OSi/c1-4-18-19(2,3)11-7-5-6-8-13-9-10-14(16)15(17)12-13/h9-10,12H,4-8,11H2,1-3H3. The summed E-state index contributed by atoms with van der Waals surface area (Å²) in [5, 5.41) is 0. The average Bonchev–Trinajstić information content (AvgIpc) is 2.33. The van der Waals surface area contributed by atoms with E-state index in [1.807, 2.05) is 6.92 Å². The Balaban J connectivity index is 2.22. The first kappa shape index (κ1) is 16.3. The molecule has 19 heavy (non-hydrogen) atoms. The fourth-order valence-corrected chi connectivity index (χ4v) is 4.24. The van der Waals surface area contributed by atoms with Crippen molar-refractivity contribution in [3.8, 4) is 0 Å². The fraction of sp³-hybridized carbons (Fsp3) is 0.600. The maximum Gasteiger partial charge on any atom is 0.186 e. The number of hydrogen-bond acceptors (Lipinski definition) is 1. The van der Waals surface area contributed by atoms with Crippen LogP contribution in [0.5, 0.6) is 0 Å². The van der Waals surface area contributed by atoms with E-state index in [0.717, 1.165) is 37.9 Å². The first-order valence-corrected chi connectivity index (χ1v) is 10.1. The summed E-state index contributed by atoms with van der Waals surface area (Å²) in [5.41, 5.74) is 0.875. The van der Waals surface area contributed by atoms with Gasteiger partial charge in [0.15, 0.2) is 20.0 Å². The first-order valence-electron chi connectivity index (χ1n) is 7.02. The van der Waals surface area contributed by atoms with E-state index < -0.39 is 20.0 Å². The van der Waals surface area contributed by atoms with Crippen LogP contribution in [0.2, 0.25) is 19.1 Å². The number of halogens is 2. The molecule has 0 amide bonds. The predicted octanol–water partition coefficient (Wildman–Crippen LogP) is 4.92. The lowest BCUT2D eigenvalue weighted by Crippen LogP contribution is -2.29. The second-order valence-electron chi connectivity index (χ2n) is 5.50. The third kappa shape index (κ3) is 6.30. The molecule has 0 aliphatic rings. The number of benzene rings is 1. The minimum atomic E-state index is -1.46. The molecule has 0 atom stereocenters. The molecular weight excluding hydrogens is 262 g/mol. The van der Waals surface area contributed by atoms with Crippen molar-refractivity contribution < 1.29 is 13.2 Å². The molecule has 0 saturated heterocycles. The highest BCUT2D eigenvalue weighted by atomic mass is 28.4. The van der Waals surface area contributed by atoms with Gasteiger partial charge < -0.3 is 4.43 Å². The van der Waals surface area contributed by atoms with Crippen LogP contribution in [-0.4, -0.2) is 14.9 Å². The van der Waals surface area contributed by atoms with Gasteiger partial charge in [-0.2, -0.15) is 0 Å². The molecule has 0 aromatic heterocycles. The van der Waals surface area contributed by atoms with Crippen molar-refractivity contribution in [2.24, 2.45) is 0 Å². The molecule has 0 N–H and O–H groups in total. The van der Waals surface area contributed by atoms with Gasteiger partial charge in [0.1, 0.15) is 0 Å². The lowest BCUT2D eigenvalue weighted by Gasteiger charge is -2.21. The molecule has 0 saturated carbocycles. The second kappa shape index (κ2) is 7.75. The van der Waals surface area contributed by atoms with E-state index in [-0.39, 0.29) is 0 Å². The lowest BCUT2D eigenvalue weighted by atomic mass is 10.1. The normalized spacial score (nSPS) is 11.8. The highest BCUT2D eigenvalue weighted by Crippen LogP contribution is 2.17. The summed E-state index contributed by atoms with van der Waals surface area (Å²) >= 11 is 0. The van der Waals surface area contributed by atoms with Crippen molar-refractivity contribution in [2.45, 2.75) is 51.7 Å². The Morgan fingerprint density at radius 1 is 1.05 bits per heavy atom. The summed E-state index contributed by atoms with van der Waals surface area (Å²) < 4.78 is 31.5. The van der Waals surface area contributed by atoms with Gasteiger partial charge in [-0.15, -0.1) is 0 Å². The third-order valence-electron chi connectivity index (χ3n) is 3.26. The molecule has 1 rings (SSSR count). The van der Waals surface area contributed by atoms with Crippen LogP contribution in [0.25, 0.3) is 0 Å². The van der Waals surface area contributed by atoms with Crippen molar-refractivity contribution >= 4 is 8.32 Å². The van der Waals surface area contributed by atoms with E-state index in [4.69, 9.17) is 4.43 Å². The number of rotatable bonds is 8. The lowest BCUT2D eigenvalue weighted by molar-refractivity contribution is 0.327. The van der Waals surface area contributed by atoms with Crippen LogP contribution in [0.3, 0.4) is 0 Å². The van der Waals surface area contributed by atoms with Gasteiger partial charge in [0.25, 0.3) is 0 Å². The molecule has 0 fully saturated rings. The summed E-state index contributed by atoms with van der Waals surface area (Å²) in [5.74, 6) is -1.52. The number of hydrogen-bond donors (Lipinski definition) is 0. The Morgan fingerprint density at radius 2 is 1.79 bits per heavy atom. The highest BCUT2D eigenvalue weighted by molar-refractivity contribution is 6.71. The summed E-state index contributed by atoms with van der Waals surface area (Å²) in [4.78, 5) is 0. The molecular formula is C15H24F2OSi. The third-order valence-corrected chi connectivity index (χ3v) is 5.89. The molecule has 1 aromatic rings. The fourth-order valence-electron chi connectivity index (χ4n) is 2.21. The zero-order valence-corrected chi connectivity index (χ0v) is 13.1. The zero-order valence-electron chi connectivity index (χ0n) is 12.1. The average molecular weight is 286 g/mol. The van der Waals surface area contributed by atoms with E-state index in [2.05, 4.69) is 13.1 Å². The van der Waals surface area contributed by atoms with E-state index in [1.54, 1.807) is 6.07 Å². The molecule has 0 radical (unpaired) electrons. The Hall–Kier alpha value is -0.743. The van der Waals surface area contributed by atoms with Crippen molar-refractivity contribution in [3.05, 3.63) is 35.4 Å². The Bertz CT molecular complexity index is 394. The van der Waals surface area contributed by atoms with Crippen LogP contribution >= 0.6 is 0 Å². The number of unbranched alkanes of at least 4 members (excludes halogenated alkanes) is 2. The van der Waals surface area contributed by atoms with Crippen molar-refractivity contribution in [1.29, 1.82) is 0 Å². The molecule has 1 aromatic carbocycles. The smallest absolute Gasteiger partial charge is 0.186 e. The summed E-state index contributed by atoms with van der Waals surface area (Å²) in [7, 11) is -1.46. The summed E-state index contributed by atoms with van der Waals surface area (Å²) in [6, 6.07) is 5.33. The van der Waals surface area contributed by atoms with Crippen LogP contribution in [-0.2, 0) is 10.8 Å². The van der Waals surface area contributed by atoms with E-state index in [0.29, 0.717) is 0 Å². The van der Waals surface area contributed by atoms with Crippen molar-refractivity contribution in [1.82, 2.24) is 0 Å². The summed E-state index contributed by atoms with van der Waals surface area (Å²) in [6.07, 6.45) is 4.10. The van der Waals surface area contributed by atoms with Gasteiger partial charge in [-0.3, -0.25) is 0 Å². The van der Waals surface area contributed by atoms with Gasteiger partial charge >= 0.3 is 0 Å². The molecule has 0 aliphatic carbocycles. The Morgan fingerprint density at radius 3 is 2.42 bits per heavy atom. The van der Waals surface area contributed by atoms with Gasteiger partial charge in [-0.1, -0.05) is 18.9 Å². The zero-order chi connectivity index (χ0) is 14.3. The van der Waals surface area contributed by atoms with E-state index in [1.165, 1.54) is 18.2 Å². The maximum absolute atomic E-state index is 13.0. The minimum absolute atomic E-state index is 0.748. The Labute approximate surface area is 116 Å². The van der Waals surface area contributed by atoms with Gasteiger partial charge in [0.2, 0.25) is 0 Å². The largest absolute Gasteiger partial charge is 0.418 e. The second-order valence-corrected chi connectivity index (χ2v) is 9.81. The monoisotopic (exact) mass is 286 g/mol. The van der Waals surface area contributed by atoms with Crippen LogP contribution in [0.1, 0.15) is 31.7 Å². The van der Waals surface area contributed by atoms with E-state index in [9.17, 15) is 8.78 Å². The minimum Gasteiger partial charge on any atom is -0.418 e. The van der Waals surface area contributed by atoms with Gasteiger partial charge in [0, 0.05) is 6.61 Å². The molecule has 0 bridgehead atoms. The van der Waals surface area contributed by atoms with Gasteiger partial charge in [-0.05, 0) is 56.6 Å². The Kier molecular flexibility index (Phi) is 6.65. The highest BCUT2D eigenvalue weighted by Gasteiger charge is 2.20. The van der Waals surface area contributed by atoms with Gasteiger partial charge in [-0.25, -0.2) is 8.78 Å². The topological polar surface area (TPSA) is 9.23 Å². The molecule has 0 spiro atoms. The van der Waals surface area contributed by atoms with Crippen molar-refractivity contribution in [2.75, 3.05) is 6.61 Å². The van der Waals surface area contributed by atoms with Crippen LogP contribution in [0, 0.1) is 11.6 Å². The first-order chi connectivity index (χ1) is 8.94. The molecule has 1 nitrogen and oxygen atoms in total. The van der Waals surface area contributed by atoms with Gasteiger partial charge in [0.05, 0.1) is 0 Å². The molecule has 0 aliphatic heterocycles. The SMILES string of the molecule is CCO[Si](C)(C)CCCCCc1ccc(F)c(F)c1. The quantitative estimate of drug-likeness (QED) is 0.487. The molecule has 4 heteroatoms. The van der Waals surface area contributed by atoms with Crippen LogP contribution in [0.4, 0.5) is 8.78 Å². The molecule has 0 heterocycles. The molecule has 108 valence electrons. The molecule has 0 unspecified atom stereocenters. The predicted molar refractivity (Wildman–Crippen MR) is 77.8 cm³/mol. The van der Waals surface area contributed by atoms with E-state index >= 15 is 0 Å². The number of aryl methyl sites for hydroxylation is 1. The summed E-state index contributed by atoms with van der Waals surface area (Å²) in [6.45, 7) is 7.32. The van der Waals surface area contributed by atoms with Crippen LogP contribution < -0.4 is 0 Å².